The summed E-state index contributed by atoms with van der Waals surface area (Å²) in [4.78, 5) is 12.3. The minimum absolute atomic E-state index is 0. The van der Waals surface area contributed by atoms with E-state index >= 15 is 0 Å². The summed E-state index contributed by atoms with van der Waals surface area (Å²) in [5.41, 5.74) is 7.60. The minimum atomic E-state index is -3.65. The lowest BCUT2D eigenvalue weighted by Crippen LogP contribution is -2.29. The van der Waals surface area contributed by atoms with Crippen LogP contribution in [0.3, 0.4) is 0 Å². The Bertz CT molecular complexity index is 851. The smallest absolute Gasteiger partial charge is 0.264 e. The van der Waals surface area contributed by atoms with Gasteiger partial charge in [-0.1, -0.05) is 17.7 Å². The van der Waals surface area contributed by atoms with Crippen molar-refractivity contribution in [1.82, 2.24) is 5.32 Å². The first kappa shape index (κ1) is 23.0. The van der Waals surface area contributed by atoms with Crippen molar-refractivity contribution in [3.05, 3.63) is 59.7 Å². The number of rotatable bonds is 7. The molecular weight excluding hydrogens is 386 g/mol. The molecule has 0 fully saturated rings. The number of amides is 1. The van der Waals surface area contributed by atoms with Crippen molar-refractivity contribution in [3.63, 3.8) is 0 Å². The zero-order valence-electron chi connectivity index (χ0n) is 15.7. The number of sulfonamides is 1. The van der Waals surface area contributed by atoms with Crippen LogP contribution >= 0.6 is 12.4 Å². The van der Waals surface area contributed by atoms with Gasteiger partial charge in [-0.3, -0.25) is 9.10 Å². The molecule has 6 nitrogen and oxygen atoms in total. The molecule has 148 valence electrons. The molecule has 1 amide bonds. The maximum Gasteiger partial charge on any atom is 0.264 e. The fourth-order valence-corrected chi connectivity index (χ4v) is 3.54. The molecule has 0 aliphatic carbocycles. The molecule has 2 rings (SSSR count). The van der Waals surface area contributed by atoms with E-state index in [0.717, 1.165) is 5.56 Å². The molecule has 2 aromatic rings. The number of aryl methyl sites for hydroxylation is 1. The Hall–Kier alpha value is -2.09. The van der Waals surface area contributed by atoms with E-state index < -0.39 is 10.0 Å². The lowest BCUT2D eigenvalue weighted by molar-refractivity contribution is 0.0953. The lowest BCUT2D eigenvalue weighted by Gasteiger charge is -2.20. The molecule has 0 saturated carbocycles. The molecule has 2 aromatic carbocycles. The highest BCUT2D eigenvalue weighted by atomic mass is 35.5. The summed E-state index contributed by atoms with van der Waals surface area (Å²) in [6, 6.07) is 13.2. The van der Waals surface area contributed by atoms with E-state index in [1.54, 1.807) is 48.5 Å². The van der Waals surface area contributed by atoms with Crippen LogP contribution in [0.1, 0.15) is 29.3 Å². The SMILES string of the molecule is Cc1ccc(S(=O)(=O)N(C)c2ccc(C(=O)NCCC(C)N)cc2)cc1.Cl. The summed E-state index contributed by atoms with van der Waals surface area (Å²) >= 11 is 0. The van der Waals surface area contributed by atoms with Crippen molar-refractivity contribution in [1.29, 1.82) is 0 Å². The van der Waals surface area contributed by atoms with Gasteiger partial charge in [-0.25, -0.2) is 8.42 Å². The first-order chi connectivity index (χ1) is 12.2. The fourth-order valence-electron chi connectivity index (χ4n) is 2.35. The van der Waals surface area contributed by atoms with Crippen molar-refractivity contribution in [3.8, 4) is 0 Å². The Morgan fingerprint density at radius 2 is 1.67 bits per heavy atom. The normalized spacial score (nSPS) is 12.0. The van der Waals surface area contributed by atoms with Gasteiger partial charge in [0.05, 0.1) is 10.6 Å². The molecule has 0 bridgehead atoms. The van der Waals surface area contributed by atoms with Gasteiger partial charge in [0.1, 0.15) is 0 Å². The van der Waals surface area contributed by atoms with Crippen LogP contribution in [0, 0.1) is 6.92 Å². The summed E-state index contributed by atoms with van der Waals surface area (Å²) < 4.78 is 26.6. The first-order valence-electron chi connectivity index (χ1n) is 8.41. The zero-order chi connectivity index (χ0) is 19.3. The highest BCUT2D eigenvalue weighted by molar-refractivity contribution is 7.92. The third-order valence-electron chi connectivity index (χ3n) is 4.06. The molecule has 3 N–H and O–H groups in total. The molecule has 1 atom stereocenters. The Morgan fingerprint density at radius 1 is 1.11 bits per heavy atom. The zero-order valence-corrected chi connectivity index (χ0v) is 17.3. The molecule has 8 heteroatoms. The molecular formula is C19H26ClN3O3S. The third kappa shape index (κ3) is 5.95. The largest absolute Gasteiger partial charge is 0.352 e. The average molecular weight is 412 g/mol. The number of carbonyl (C=O) groups is 1. The van der Waals surface area contributed by atoms with Crippen LogP contribution in [0.25, 0.3) is 0 Å². The molecule has 0 spiro atoms. The van der Waals surface area contributed by atoms with E-state index in [2.05, 4.69) is 5.32 Å². The molecule has 0 aliphatic heterocycles. The summed E-state index contributed by atoms with van der Waals surface area (Å²) in [7, 11) is -2.15. The monoisotopic (exact) mass is 411 g/mol. The number of hydrogen-bond donors (Lipinski definition) is 2. The van der Waals surface area contributed by atoms with Gasteiger partial charge in [0.2, 0.25) is 0 Å². The average Bonchev–Trinajstić information content (AvgIpc) is 2.61. The summed E-state index contributed by atoms with van der Waals surface area (Å²) in [5.74, 6) is -0.207. The highest BCUT2D eigenvalue weighted by Gasteiger charge is 2.21. The summed E-state index contributed by atoms with van der Waals surface area (Å²) in [6.07, 6.45) is 0.696. The number of halogens is 1. The van der Waals surface area contributed by atoms with Gasteiger partial charge in [0, 0.05) is 25.2 Å². The van der Waals surface area contributed by atoms with Crippen LogP contribution in [0.15, 0.2) is 53.4 Å². The molecule has 1 unspecified atom stereocenters. The number of nitrogens with zero attached hydrogens (tertiary/aromatic N) is 1. The quantitative estimate of drug-likeness (QED) is 0.732. The minimum Gasteiger partial charge on any atom is -0.352 e. The van der Waals surface area contributed by atoms with Crippen LogP contribution in [-0.2, 0) is 10.0 Å². The highest BCUT2D eigenvalue weighted by Crippen LogP contribution is 2.22. The van der Waals surface area contributed by atoms with Crippen LogP contribution in [-0.4, -0.2) is 34.0 Å². The van der Waals surface area contributed by atoms with Gasteiger partial charge in [-0.05, 0) is 56.7 Å². The van der Waals surface area contributed by atoms with Crippen molar-refractivity contribution < 1.29 is 13.2 Å². The van der Waals surface area contributed by atoms with Gasteiger partial charge >= 0.3 is 0 Å². The third-order valence-corrected chi connectivity index (χ3v) is 5.86. The number of anilines is 1. The van der Waals surface area contributed by atoms with Crippen molar-refractivity contribution in [2.24, 2.45) is 5.73 Å². The number of benzene rings is 2. The Balaban J connectivity index is 0.00000364. The number of nitrogens with two attached hydrogens (primary N) is 1. The maximum atomic E-state index is 12.7. The van der Waals surface area contributed by atoms with Gasteiger partial charge < -0.3 is 11.1 Å². The van der Waals surface area contributed by atoms with Crippen molar-refractivity contribution in [2.45, 2.75) is 31.2 Å². The van der Waals surface area contributed by atoms with Gasteiger partial charge in [-0.15, -0.1) is 12.4 Å². The van der Waals surface area contributed by atoms with Gasteiger partial charge in [0.15, 0.2) is 0 Å². The predicted octanol–water partition coefficient (Wildman–Crippen LogP) is 2.71. The second-order valence-corrected chi connectivity index (χ2v) is 8.32. The lowest BCUT2D eigenvalue weighted by atomic mass is 10.2. The Morgan fingerprint density at radius 3 is 2.19 bits per heavy atom. The van der Waals surface area contributed by atoms with Crippen molar-refractivity contribution in [2.75, 3.05) is 17.9 Å². The Kier molecular flexibility index (Phi) is 8.27. The molecule has 27 heavy (non-hydrogen) atoms. The number of nitrogens with one attached hydrogen (secondary N) is 1. The Labute approximate surface area is 167 Å². The van der Waals surface area contributed by atoms with E-state index in [9.17, 15) is 13.2 Å². The first-order valence-corrected chi connectivity index (χ1v) is 9.85. The molecule has 0 heterocycles. The second-order valence-electron chi connectivity index (χ2n) is 6.35. The van der Waals surface area contributed by atoms with E-state index in [0.29, 0.717) is 24.2 Å². The molecule has 0 saturated heterocycles. The summed E-state index contributed by atoms with van der Waals surface area (Å²) in [6.45, 7) is 4.28. The van der Waals surface area contributed by atoms with Gasteiger partial charge in [-0.2, -0.15) is 0 Å². The van der Waals surface area contributed by atoms with Crippen LogP contribution in [0.2, 0.25) is 0 Å². The standard InChI is InChI=1S/C19H25N3O3S.ClH/c1-14-4-10-18(11-5-14)26(24,25)22(3)17-8-6-16(7-9-17)19(23)21-13-12-15(2)20;/h4-11,15H,12-13,20H2,1-3H3,(H,21,23);1H. The number of hydrogen-bond acceptors (Lipinski definition) is 4. The van der Waals surface area contributed by atoms with E-state index in [-0.39, 0.29) is 29.3 Å². The van der Waals surface area contributed by atoms with Crippen LogP contribution < -0.4 is 15.4 Å². The molecule has 0 aliphatic rings. The van der Waals surface area contributed by atoms with Crippen molar-refractivity contribution >= 4 is 34.0 Å². The van der Waals surface area contributed by atoms with E-state index in [1.165, 1.54) is 11.4 Å². The van der Waals surface area contributed by atoms with Crippen LogP contribution in [0.5, 0.6) is 0 Å². The topological polar surface area (TPSA) is 92.5 Å². The summed E-state index contributed by atoms with van der Waals surface area (Å²) in [5, 5.41) is 2.79. The van der Waals surface area contributed by atoms with Gasteiger partial charge in [0.25, 0.3) is 15.9 Å². The molecule has 0 radical (unpaired) electrons. The fraction of sp³-hybridized carbons (Fsp3) is 0.316. The van der Waals surface area contributed by atoms with Crippen LogP contribution in [0.4, 0.5) is 5.69 Å². The van der Waals surface area contributed by atoms with E-state index in [4.69, 9.17) is 5.73 Å². The maximum absolute atomic E-state index is 12.7. The number of carbonyl (C=O) groups excluding carboxylic acids is 1. The second kappa shape index (κ2) is 9.73. The molecule has 0 aromatic heterocycles. The predicted molar refractivity (Wildman–Crippen MR) is 111 cm³/mol. The van der Waals surface area contributed by atoms with E-state index in [1.807, 2.05) is 13.8 Å².